The fraction of sp³-hybridized carbons (Fsp3) is 0.316. The Bertz CT molecular complexity index is 1820. The lowest BCUT2D eigenvalue weighted by molar-refractivity contribution is -0.384. The number of non-ortho nitro benzene ring substituents is 1. The Balaban J connectivity index is 1.62. The molecule has 0 fully saturated rings. The fourth-order valence-corrected chi connectivity index (χ4v) is 7.52. The van der Waals surface area contributed by atoms with Crippen LogP contribution in [0.5, 0.6) is 0 Å². The minimum absolute atomic E-state index is 0.112. The molecule has 0 radical (unpaired) electrons. The van der Waals surface area contributed by atoms with E-state index in [0.29, 0.717) is 17.7 Å². The van der Waals surface area contributed by atoms with Crippen molar-refractivity contribution in [3.05, 3.63) is 136 Å². The number of aryl methyl sites for hydroxylation is 1. The quantitative estimate of drug-likeness (QED) is 0.0868. The standard InChI is InChI=1S/C38H44N4O8S/c1-27(2)24-25-41(51(48,49)33-22-20-31(21-23-33)42(46)47)32(26-43)19-18-28-12-10-11-17-34(28)39-37(44)36(40-38(45)50-3)35(29-13-6-4-7-14-29)30-15-8-5-9-16-30/h4-17,20-23,27,32,35-36,43H,18-19,24-26H2,1-3H3,(H,39,44)(H,40,45)/t32-,36-/m0/s1. The first kappa shape index (κ1) is 38.7. The van der Waals surface area contributed by atoms with Crippen molar-refractivity contribution in [1.29, 1.82) is 0 Å². The summed E-state index contributed by atoms with van der Waals surface area (Å²) in [7, 11) is -2.92. The van der Waals surface area contributed by atoms with E-state index in [0.717, 1.165) is 23.3 Å². The maximum Gasteiger partial charge on any atom is 0.407 e. The van der Waals surface area contributed by atoms with E-state index in [1.807, 2.05) is 80.6 Å². The largest absolute Gasteiger partial charge is 0.453 e. The van der Waals surface area contributed by atoms with Crippen LogP contribution in [0, 0.1) is 16.0 Å². The van der Waals surface area contributed by atoms with Gasteiger partial charge in [0.15, 0.2) is 0 Å². The van der Waals surface area contributed by atoms with Crippen molar-refractivity contribution in [3.8, 4) is 0 Å². The molecular formula is C38H44N4O8S. The van der Waals surface area contributed by atoms with Gasteiger partial charge in [-0.3, -0.25) is 14.9 Å². The molecule has 2 atom stereocenters. The fourth-order valence-electron chi connectivity index (χ4n) is 5.86. The molecule has 2 amide bonds. The summed E-state index contributed by atoms with van der Waals surface area (Å²) in [5, 5.41) is 27.4. The second kappa shape index (κ2) is 18.2. The predicted molar refractivity (Wildman–Crippen MR) is 195 cm³/mol. The number of rotatable bonds is 17. The predicted octanol–water partition coefficient (Wildman–Crippen LogP) is 6.12. The Morgan fingerprint density at radius 1 is 0.863 bits per heavy atom. The van der Waals surface area contributed by atoms with Crippen molar-refractivity contribution in [3.63, 3.8) is 0 Å². The topological polar surface area (TPSA) is 168 Å². The number of amides is 2. The highest BCUT2D eigenvalue weighted by atomic mass is 32.2. The number of nitro groups is 1. The second-order valence-electron chi connectivity index (χ2n) is 12.5. The van der Waals surface area contributed by atoms with Gasteiger partial charge >= 0.3 is 6.09 Å². The van der Waals surface area contributed by atoms with Crippen molar-refractivity contribution in [2.24, 2.45) is 5.92 Å². The van der Waals surface area contributed by atoms with E-state index in [2.05, 4.69) is 10.6 Å². The summed E-state index contributed by atoms with van der Waals surface area (Å²) in [6, 6.07) is 28.6. The summed E-state index contributed by atoms with van der Waals surface area (Å²) in [5.41, 5.74) is 2.52. The molecule has 0 saturated carbocycles. The number of ether oxygens (including phenoxy) is 1. The Kier molecular flexibility index (Phi) is 13.8. The van der Waals surface area contributed by atoms with Crippen molar-refractivity contribution in [2.45, 2.75) is 56.0 Å². The van der Waals surface area contributed by atoms with E-state index in [-0.39, 0.29) is 35.9 Å². The molecule has 0 unspecified atom stereocenters. The number of carbonyl (C=O) groups is 2. The molecule has 0 saturated heterocycles. The van der Waals surface area contributed by atoms with Gasteiger partial charge in [-0.05, 0) is 60.1 Å². The summed E-state index contributed by atoms with van der Waals surface area (Å²) < 4.78 is 33.9. The number of methoxy groups -OCH3 is 1. The van der Waals surface area contributed by atoms with Gasteiger partial charge in [0.1, 0.15) is 6.04 Å². The molecule has 0 heterocycles. The van der Waals surface area contributed by atoms with Gasteiger partial charge in [-0.1, -0.05) is 92.7 Å². The Hall–Kier alpha value is -5.11. The molecule has 4 aromatic rings. The van der Waals surface area contributed by atoms with Crippen LogP contribution >= 0.6 is 0 Å². The molecule has 0 aliphatic heterocycles. The number of hydrogen-bond acceptors (Lipinski definition) is 8. The van der Waals surface area contributed by atoms with E-state index in [1.54, 1.807) is 18.2 Å². The van der Waals surface area contributed by atoms with Gasteiger partial charge in [-0.2, -0.15) is 4.31 Å². The summed E-state index contributed by atoms with van der Waals surface area (Å²) in [5.74, 6) is -0.905. The lowest BCUT2D eigenvalue weighted by atomic mass is 9.84. The number of aliphatic hydroxyl groups excluding tert-OH is 1. The highest BCUT2D eigenvalue weighted by Crippen LogP contribution is 2.30. The lowest BCUT2D eigenvalue weighted by Gasteiger charge is -2.31. The number of benzene rings is 4. The summed E-state index contributed by atoms with van der Waals surface area (Å²) in [6.45, 7) is 3.58. The zero-order valence-electron chi connectivity index (χ0n) is 28.8. The number of aliphatic hydroxyl groups is 1. The molecular weight excluding hydrogens is 673 g/mol. The van der Waals surface area contributed by atoms with Gasteiger partial charge in [0.25, 0.3) is 5.69 Å². The molecule has 3 N–H and O–H groups in total. The van der Waals surface area contributed by atoms with Crippen LogP contribution in [0.2, 0.25) is 0 Å². The Morgan fingerprint density at radius 3 is 1.96 bits per heavy atom. The first-order chi connectivity index (χ1) is 24.5. The van der Waals surface area contributed by atoms with Crippen LogP contribution in [0.3, 0.4) is 0 Å². The molecule has 0 aliphatic rings. The van der Waals surface area contributed by atoms with Gasteiger partial charge < -0.3 is 20.5 Å². The molecule has 0 aromatic heterocycles. The number of hydrogen-bond donors (Lipinski definition) is 3. The van der Waals surface area contributed by atoms with Crippen molar-refractivity contribution >= 4 is 33.4 Å². The SMILES string of the molecule is COC(=O)N[C@H](C(=O)Nc1ccccc1CC[C@@H](CO)N(CCC(C)C)S(=O)(=O)c1ccc([N+](=O)[O-])cc1)C(c1ccccc1)c1ccccc1. The maximum absolute atomic E-state index is 14.2. The van der Waals surface area contributed by atoms with Crippen molar-refractivity contribution in [2.75, 3.05) is 25.6 Å². The number of nitro benzene ring substituents is 1. The maximum atomic E-state index is 14.2. The van der Waals surface area contributed by atoms with Gasteiger partial charge in [0.05, 0.1) is 23.5 Å². The highest BCUT2D eigenvalue weighted by molar-refractivity contribution is 7.89. The first-order valence-electron chi connectivity index (χ1n) is 16.7. The smallest absolute Gasteiger partial charge is 0.407 e. The summed E-state index contributed by atoms with van der Waals surface area (Å²) in [4.78, 5) is 37.2. The van der Waals surface area contributed by atoms with E-state index in [9.17, 15) is 33.2 Å². The van der Waals surface area contributed by atoms with Crippen LogP contribution in [0.4, 0.5) is 16.2 Å². The monoisotopic (exact) mass is 716 g/mol. The average molecular weight is 717 g/mol. The first-order valence-corrected chi connectivity index (χ1v) is 18.1. The van der Waals surface area contributed by atoms with Gasteiger partial charge in [0, 0.05) is 36.3 Å². The third kappa shape index (κ3) is 10.2. The third-order valence-corrected chi connectivity index (χ3v) is 10.6. The minimum Gasteiger partial charge on any atom is -0.453 e. The van der Waals surface area contributed by atoms with Crippen LogP contribution in [-0.2, 0) is 26.0 Å². The third-order valence-electron chi connectivity index (χ3n) is 8.61. The number of sulfonamides is 1. The zero-order valence-corrected chi connectivity index (χ0v) is 29.7. The lowest BCUT2D eigenvalue weighted by Crippen LogP contribution is -2.48. The highest BCUT2D eigenvalue weighted by Gasteiger charge is 2.34. The van der Waals surface area contributed by atoms with Crippen LogP contribution in [-0.4, -0.2) is 67.1 Å². The van der Waals surface area contributed by atoms with E-state index >= 15 is 0 Å². The van der Waals surface area contributed by atoms with E-state index in [4.69, 9.17) is 4.74 Å². The molecule has 13 heteroatoms. The minimum atomic E-state index is -4.14. The number of nitrogens with zero attached hydrogens (tertiary/aromatic N) is 2. The molecule has 4 aromatic carbocycles. The van der Waals surface area contributed by atoms with Crippen LogP contribution in [0.15, 0.2) is 114 Å². The molecule has 4 rings (SSSR count). The van der Waals surface area contributed by atoms with Crippen molar-refractivity contribution < 1.29 is 32.8 Å². The number of anilines is 1. The zero-order chi connectivity index (χ0) is 37.0. The number of alkyl carbamates (subject to hydrolysis) is 1. The number of para-hydroxylation sites is 1. The van der Waals surface area contributed by atoms with Gasteiger partial charge in [0.2, 0.25) is 15.9 Å². The molecule has 0 spiro atoms. The van der Waals surface area contributed by atoms with Crippen LogP contribution in [0.1, 0.15) is 49.3 Å². The summed E-state index contributed by atoms with van der Waals surface area (Å²) >= 11 is 0. The van der Waals surface area contributed by atoms with Crippen molar-refractivity contribution in [1.82, 2.24) is 9.62 Å². The molecule has 270 valence electrons. The Labute approximate surface area is 298 Å². The van der Waals surface area contributed by atoms with E-state index in [1.165, 1.54) is 23.5 Å². The average Bonchev–Trinajstić information content (AvgIpc) is 3.13. The normalized spacial score (nSPS) is 12.8. The van der Waals surface area contributed by atoms with E-state index < -0.39 is 51.6 Å². The molecule has 51 heavy (non-hydrogen) atoms. The molecule has 12 nitrogen and oxygen atoms in total. The molecule has 0 bridgehead atoms. The number of nitrogens with one attached hydrogen (secondary N) is 2. The van der Waals surface area contributed by atoms with Gasteiger partial charge in [-0.15, -0.1) is 0 Å². The second-order valence-corrected chi connectivity index (χ2v) is 14.4. The van der Waals surface area contributed by atoms with Crippen LogP contribution < -0.4 is 10.6 Å². The summed E-state index contributed by atoms with van der Waals surface area (Å²) in [6.07, 6.45) is 0.231. The Morgan fingerprint density at radius 2 is 1.43 bits per heavy atom. The van der Waals surface area contributed by atoms with Gasteiger partial charge in [-0.25, -0.2) is 13.2 Å². The van der Waals surface area contributed by atoms with Crippen LogP contribution in [0.25, 0.3) is 0 Å². The number of carbonyl (C=O) groups excluding carboxylic acids is 2. The molecule has 0 aliphatic carbocycles.